The van der Waals surface area contributed by atoms with Crippen molar-refractivity contribution in [1.82, 2.24) is 14.5 Å². The first kappa shape index (κ1) is 20.3. The highest BCUT2D eigenvalue weighted by atomic mass is 35.5. The molecule has 4 heterocycles. The van der Waals surface area contributed by atoms with E-state index in [1.165, 1.54) is 12.8 Å². The number of likely N-dealkylation sites (tertiary alicyclic amines) is 1. The first-order chi connectivity index (χ1) is 14.4. The monoisotopic (exact) mass is 429 g/mol. The highest BCUT2D eigenvalue weighted by Gasteiger charge is 2.52. The molecule has 0 N–H and O–H groups in total. The van der Waals surface area contributed by atoms with Crippen LogP contribution < -0.4 is 4.74 Å². The highest BCUT2D eigenvalue weighted by Crippen LogP contribution is 2.55. The summed E-state index contributed by atoms with van der Waals surface area (Å²) in [5, 5.41) is 0.751. The molecule has 2 saturated heterocycles. The number of hydrogen-bond donors (Lipinski definition) is 0. The van der Waals surface area contributed by atoms with Crippen LogP contribution in [-0.2, 0) is 11.3 Å². The normalized spacial score (nSPS) is 27.3. The van der Waals surface area contributed by atoms with E-state index in [2.05, 4.69) is 41.4 Å². The topological polar surface area (TPSA) is 39.5 Å². The number of aryl methyl sites for hydroxylation is 1. The lowest BCUT2D eigenvalue weighted by atomic mass is 9.64. The third-order valence-electron chi connectivity index (χ3n) is 7.63. The summed E-state index contributed by atoms with van der Waals surface area (Å²) >= 11 is 6.29. The molecule has 0 saturated carbocycles. The van der Waals surface area contributed by atoms with Gasteiger partial charge in [0.05, 0.1) is 12.7 Å². The molecule has 0 aliphatic carbocycles. The molecule has 6 heteroatoms. The Labute approximate surface area is 184 Å². The molecule has 3 aliphatic rings. The van der Waals surface area contributed by atoms with Crippen LogP contribution in [0.2, 0.25) is 5.02 Å². The molecule has 30 heavy (non-hydrogen) atoms. The summed E-state index contributed by atoms with van der Waals surface area (Å²) in [5.74, 6) is 2.36. The molecule has 3 aliphatic heterocycles. The summed E-state index contributed by atoms with van der Waals surface area (Å²) < 4.78 is 15.3. The molecule has 2 aromatic rings. The zero-order valence-electron chi connectivity index (χ0n) is 18.2. The maximum Gasteiger partial charge on any atom is 0.126 e. The molecule has 0 amide bonds. The van der Waals surface area contributed by atoms with Crippen molar-refractivity contribution in [2.75, 3.05) is 26.2 Å². The average Bonchev–Trinajstić information content (AvgIpc) is 3.13. The summed E-state index contributed by atoms with van der Waals surface area (Å²) in [6.45, 7) is 11.7. The predicted octanol–water partition coefficient (Wildman–Crippen LogP) is 4.88. The van der Waals surface area contributed by atoms with E-state index in [9.17, 15) is 0 Å². The van der Waals surface area contributed by atoms with Crippen LogP contribution in [-0.4, -0.2) is 46.3 Å². The maximum absolute atomic E-state index is 6.59. The smallest absolute Gasteiger partial charge is 0.126 e. The molecule has 1 spiro atoms. The number of aromatic nitrogens is 2. The largest absolute Gasteiger partial charge is 0.487 e. The SMILES string of the molecule is Cc1nccn1CCN1CCC2(CC1)COC1c3cc(Cl)ccc3OC(C)(C)C1C2. The summed E-state index contributed by atoms with van der Waals surface area (Å²) in [6, 6.07) is 5.93. The third kappa shape index (κ3) is 3.65. The van der Waals surface area contributed by atoms with E-state index in [-0.39, 0.29) is 17.1 Å². The number of rotatable bonds is 3. The highest BCUT2D eigenvalue weighted by molar-refractivity contribution is 6.30. The fraction of sp³-hybridized carbons (Fsp3) is 0.625. The van der Waals surface area contributed by atoms with Crippen molar-refractivity contribution in [1.29, 1.82) is 0 Å². The van der Waals surface area contributed by atoms with Crippen LogP contribution in [0.15, 0.2) is 30.6 Å². The van der Waals surface area contributed by atoms with Crippen LogP contribution in [0.1, 0.15) is 50.6 Å². The number of fused-ring (bicyclic) bond motifs is 3. The number of imidazole rings is 1. The predicted molar refractivity (Wildman–Crippen MR) is 118 cm³/mol. The molecule has 1 aromatic heterocycles. The van der Waals surface area contributed by atoms with Crippen molar-refractivity contribution in [3.8, 4) is 5.75 Å². The Hall–Kier alpha value is -1.56. The Morgan fingerprint density at radius 2 is 2.00 bits per heavy atom. The Kier molecular flexibility index (Phi) is 5.11. The van der Waals surface area contributed by atoms with Crippen LogP contribution in [0.4, 0.5) is 0 Å². The first-order valence-corrected chi connectivity index (χ1v) is 11.5. The zero-order chi connectivity index (χ0) is 20.9. The van der Waals surface area contributed by atoms with E-state index in [0.717, 1.165) is 61.4 Å². The first-order valence-electron chi connectivity index (χ1n) is 11.2. The second-order valence-electron chi connectivity index (χ2n) is 9.94. The minimum atomic E-state index is -0.241. The van der Waals surface area contributed by atoms with Gasteiger partial charge in [0.15, 0.2) is 0 Å². The van der Waals surface area contributed by atoms with Crippen LogP contribution in [0.25, 0.3) is 0 Å². The van der Waals surface area contributed by atoms with Gasteiger partial charge in [0, 0.05) is 42.0 Å². The van der Waals surface area contributed by atoms with Crippen LogP contribution in [0, 0.1) is 18.3 Å². The van der Waals surface area contributed by atoms with Crippen molar-refractivity contribution >= 4 is 11.6 Å². The van der Waals surface area contributed by atoms with Crippen LogP contribution in [0.5, 0.6) is 5.75 Å². The number of benzene rings is 1. The fourth-order valence-electron chi connectivity index (χ4n) is 5.61. The van der Waals surface area contributed by atoms with Crippen molar-refractivity contribution in [3.05, 3.63) is 47.0 Å². The van der Waals surface area contributed by atoms with E-state index < -0.39 is 0 Å². The van der Waals surface area contributed by atoms with Crippen molar-refractivity contribution in [2.24, 2.45) is 11.3 Å². The average molecular weight is 430 g/mol. The lowest BCUT2D eigenvalue weighted by Crippen LogP contribution is -2.54. The standard InChI is InChI=1S/C24H32ClN3O2/c1-17-26-8-11-28(17)13-12-27-9-6-24(7-10-27)15-20-22(29-16-24)19-14-18(25)4-5-21(19)30-23(20,2)3/h4-5,8,11,14,20,22H,6-7,9-10,12-13,15-16H2,1-3H3. The van der Waals surface area contributed by atoms with E-state index in [1.807, 2.05) is 24.4 Å². The van der Waals surface area contributed by atoms with Gasteiger partial charge in [0.1, 0.15) is 17.2 Å². The van der Waals surface area contributed by atoms with Gasteiger partial charge in [-0.05, 0) is 76.7 Å². The van der Waals surface area contributed by atoms with Gasteiger partial charge >= 0.3 is 0 Å². The van der Waals surface area contributed by atoms with Gasteiger partial charge in [-0.3, -0.25) is 0 Å². The van der Waals surface area contributed by atoms with Gasteiger partial charge in [0.25, 0.3) is 0 Å². The number of nitrogens with zero attached hydrogens (tertiary/aromatic N) is 3. The van der Waals surface area contributed by atoms with E-state index in [1.54, 1.807) is 0 Å². The maximum atomic E-state index is 6.59. The van der Waals surface area contributed by atoms with Crippen LogP contribution in [0.3, 0.4) is 0 Å². The molecule has 2 atom stereocenters. The molecule has 162 valence electrons. The lowest BCUT2D eigenvalue weighted by molar-refractivity contribution is -0.174. The van der Waals surface area contributed by atoms with Gasteiger partial charge < -0.3 is 18.9 Å². The molecular weight excluding hydrogens is 398 g/mol. The zero-order valence-corrected chi connectivity index (χ0v) is 19.0. The van der Waals surface area contributed by atoms with Gasteiger partial charge in [-0.2, -0.15) is 0 Å². The second-order valence-corrected chi connectivity index (χ2v) is 10.4. The van der Waals surface area contributed by atoms with Gasteiger partial charge in [-0.1, -0.05) is 11.6 Å². The Balaban J connectivity index is 1.26. The van der Waals surface area contributed by atoms with Gasteiger partial charge in [0.2, 0.25) is 0 Å². The number of ether oxygens (including phenoxy) is 2. The summed E-state index contributed by atoms with van der Waals surface area (Å²) in [5.41, 5.74) is 1.14. The molecule has 1 aromatic carbocycles. The summed E-state index contributed by atoms with van der Waals surface area (Å²) in [6.07, 6.45) is 7.58. The molecular formula is C24H32ClN3O2. The van der Waals surface area contributed by atoms with Gasteiger partial charge in [-0.25, -0.2) is 4.98 Å². The van der Waals surface area contributed by atoms with Gasteiger partial charge in [-0.15, -0.1) is 0 Å². The number of halogens is 1. The number of piperidine rings is 1. The molecule has 5 rings (SSSR count). The van der Waals surface area contributed by atoms with Crippen molar-refractivity contribution < 1.29 is 9.47 Å². The van der Waals surface area contributed by atoms with E-state index in [4.69, 9.17) is 21.1 Å². The van der Waals surface area contributed by atoms with Crippen molar-refractivity contribution in [3.63, 3.8) is 0 Å². The molecule has 0 radical (unpaired) electrons. The number of hydrogen-bond acceptors (Lipinski definition) is 4. The van der Waals surface area contributed by atoms with E-state index >= 15 is 0 Å². The lowest BCUT2D eigenvalue weighted by Gasteiger charge is -2.54. The van der Waals surface area contributed by atoms with Crippen LogP contribution >= 0.6 is 11.6 Å². The Bertz CT molecular complexity index is 917. The molecule has 5 nitrogen and oxygen atoms in total. The molecule has 2 unspecified atom stereocenters. The fourth-order valence-corrected chi connectivity index (χ4v) is 5.79. The summed E-state index contributed by atoms with van der Waals surface area (Å²) in [4.78, 5) is 6.92. The molecule has 0 bridgehead atoms. The van der Waals surface area contributed by atoms with E-state index in [0.29, 0.717) is 5.92 Å². The van der Waals surface area contributed by atoms with Crippen molar-refractivity contribution in [2.45, 2.75) is 58.3 Å². The second kappa shape index (κ2) is 7.54. The Morgan fingerprint density at radius 1 is 1.20 bits per heavy atom. The summed E-state index contributed by atoms with van der Waals surface area (Å²) in [7, 11) is 0. The third-order valence-corrected chi connectivity index (χ3v) is 7.86. The quantitative estimate of drug-likeness (QED) is 0.697. The Morgan fingerprint density at radius 3 is 2.73 bits per heavy atom. The molecule has 2 fully saturated rings. The minimum Gasteiger partial charge on any atom is -0.487 e. The minimum absolute atomic E-state index is 0.0790.